The molecule has 5 heteroatoms. The Morgan fingerprint density at radius 3 is 2.59 bits per heavy atom. The molecule has 4 rings (SSSR count). The number of rotatable bonds is 4. The number of hydrogen-bond acceptors (Lipinski definition) is 3. The van der Waals surface area contributed by atoms with Gasteiger partial charge >= 0.3 is 0 Å². The second-order valence-electron chi connectivity index (χ2n) is 6.54. The van der Waals surface area contributed by atoms with Crippen molar-refractivity contribution in [2.75, 3.05) is 0 Å². The van der Waals surface area contributed by atoms with Crippen LogP contribution < -0.4 is 9.30 Å². The highest BCUT2D eigenvalue weighted by Crippen LogP contribution is 2.36. The number of benzene rings is 2. The minimum Gasteiger partial charge on any atom is -0.460 e. The first kappa shape index (κ1) is 17.4. The van der Waals surface area contributed by atoms with E-state index in [2.05, 4.69) is 0 Å². The van der Waals surface area contributed by atoms with Gasteiger partial charge in [-0.1, -0.05) is 30.3 Å². The molecule has 1 aliphatic heterocycles. The second-order valence-corrected chi connectivity index (χ2v) is 6.54. The van der Waals surface area contributed by atoms with E-state index in [9.17, 15) is 9.18 Å². The van der Waals surface area contributed by atoms with Crippen LogP contribution in [0, 0.1) is 5.82 Å². The van der Waals surface area contributed by atoms with E-state index < -0.39 is 6.29 Å². The Balaban J connectivity index is 1.64. The number of Topliss-reactive ketones (excluding diaryl/α,β-unsaturated/α-hetero) is 1. The standard InChI is InChI=1S/C22H19FNO3/c1-15(25)16-7-9-24(10-8-16)13-18-11-20(23)12-19-14-26-22(27-21(18)19)17-5-3-2-4-6-17/h2-12,22H,13-14H2,1H3/q+1/t22-/m0/s1. The zero-order valence-electron chi connectivity index (χ0n) is 14.9. The summed E-state index contributed by atoms with van der Waals surface area (Å²) >= 11 is 0. The van der Waals surface area contributed by atoms with E-state index in [1.807, 2.05) is 47.3 Å². The van der Waals surface area contributed by atoms with Crippen molar-refractivity contribution in [3.05, 3.63) is 95.1 Å². The molecule has 136 valence electrons. The molecule has 0 bridgehead atoms. The van der Waals surface area contributed by atoms with Crippen molar-refractivity contribution in [3.8, 4) is 5.75 Å². The van der Waals surface area contributed by atoms with E-state index in [4.69, 9.17) is 9.47 Å². The minimum absolute atomic E-state index is 0.0106. The van der Waals surface area contributed by atoms with Crippen LogP contribution in [-0.2, 0) is 17.9 Å². The summed E-state index contributed by atoms with van der Waals surface area (Å²) in [6, 6.07) is 16.1. The van der Waals surface area contributed by atoms with Crippen molar-refractivity contribution < 1.29 is 23.2 Å². The quantitative estimate of drug-likeness (QED) is 0.519. The molecule has 1 aromatic heterocycles. The molecule has 0 saturated carbocycles. The fraction of sp³-hybridized carbons (Fsp3) is 0.182. The maximum atomic E-state index is 14.1. The summed E-state index contributed by atoms with van der Waals surface area (Å²) in [6.07, 6.45) is 3.09. The zero-order chi connectivity index (χ0) is 18.8. The first-order valence-corrected chi connectivity index (χ1v) is 8.75. The lowest BCUT2D eigenvalue weighted by molar-refractivity contribution is -0.688. The molecule has 1 atom stereocenters. The molecule has 2 heterocycles. The predicted octanol–water partition coefficient (Wildman–Crippen LogP) is 3.97. The lowest BCUT2D eigenvalue weighted by Gasteiger charge is -2.28. The molecule has 0 spiro atoms. The number of fused-ring (bicyclic) bond motifs is 1. The molecule has 0 radical (unpaired) electrons. The van der Waals surface area contributed by atoms with Gasteiger partial charge in [0.05, 0.1) is 12.2 Å². The van der Waals surface area contributed by atoms with Crippen LogP contribution >= 0.6 is 0 Å². The van der Waals surface area contributed by atoms with Crippen molar-refractivity contribution in [1.82, 2.24) is 0 Å². The van der Waals surface area contributed by atoms with E-state index >= 15 is 0 Å². The summed E-state index contributed by atoms with van der Waals surface area (Å²) in [6.45, 7) is 2.24. The number of aromatic nitrogens is 1. The molecule has 27 heavy (non-hydrogen) atoms. The van der Waals surface area contributed by atoms with Gasteiger partial charge in [-0.25, -0.2) is 8.96 Å². The number of ether oxygens (including phenoxy) is 2. The van der Waals surface area contributed by atoms with Gasteiger partial charge in [-0.2, -0.15) is 0 Å². The third-order valence-electron chi connectivity index (χ3n) is 4.54. The van der Waals surface area contributed by atoms with E-state index in [1.54, 1.807) is 12.1 Å². The molecule has 0 amide bonds. The largest absolute Gasteiger partial charge is 0.460 e. The van der Waals surface area contributed by atoms with Crippen molar-refractivity contribution >= 4 is 5.78 Å². The molecular formula is C22H19FNO3+. The highest BCUT2D eigenvalue weighted by atomic mass is 19.1. The Morgan fingerprint density at radius 1 is 1.15 bits per heavy atom. The van der Waals surface area contributed by atoms with Crippen molar-refractivity contribution in [2.24, 2.45) is 0 Å². The minimum atomic E-state index is -0.520. The van der Waals surface area contributed by atoms with Crippen LogP contribution in [0.2, 0.25) is 0 Å². The molecule has 0 unspecified atom stereocenters. The highest BCUT2D eigenvalue weighted by Gasteiger charge is 2.26. The summed E-state index contributed by atoms with van der Waals surface area (Å²) in [4.78, 5) is 11.4. The molecular weight excluding hydrogens is 345 g/mol. The summed E-state index contributed by atoms with van der Waals surface area (Å²) < 4.78 is 27.8. The third-order valence-corrected chi connectivity index (χ3v) is 4.54. The molecule has 2 aromatic carbocycles. The summed E-state index contributed by atoms with van der Waals surface area (Å²) in [5.74, 6) is 0.339. The first-order chi connectivity index (χ1) is 13.1. The Labute approximate surface area is 156 Å². The van der Waals surface area contributed by atoms with Gasteiger partial charge in [0.2, 0.25) is 6.29 Å². The van der Waals surface area contributed by atoms with Gasteiger partial charge in [0.15, 0.2) is 24.7 Å². The monoisotopic (exact) mass is 364 g/mol. The molecule has 0 fully saturated rings. The fourth-order valence-electron chi connectivity index (χ4n) is 3.16. The Kier molecular flexibility index (Phi) is 4.69. The Morgan fingerprint density at radius 2 is 1.89 bits per heavy atom. The van der Waals surface area contributed by atoms with Gasteiger partial charge in [-0.15, -0.1) is 0 Å². The highest BCUT2D eigenvalue weighted by molar-refractivity contribution is 5.93. The van der Waals surface area contributed by atoms with Crippen LogP contribution in [0.5, 0.6) is 5.75 Å². The second kappa shape index (κ2) is 7.29. The number of ketones is 1. The molecule has 1 aliphatic rings. The van der Waals surface area contributed by atoms with E-state index in [0.717, 1.165) is 11.1 Å². The number of hydrogen-bond donors (Lipinski definition) is 0. The SMILES string of the molecule is CC(=O)c1cc[n+](Cc2cc(F)cc3c2O[C@@H](c2ccccc2)OC3)cc1. The molecule has 0 aliphatic carbocycles. The van der Waals surface area contributed by atoms with Gasteiger partial charge in [0.25, 0.3) is 0 Å². The van der Waals surface area contributed by atoms with Crippen LogP contribution in [0.15, 0.2) is 67.0 Å². The van der Waals surface area contributed by atoms with Crippen LogP contribution in [-0.4, -0.2) is 5.78 Å². The van der Waals surface area contributed by atoms with Crippen LogP contribution in [0.1, 0.15) is 40.3 Å². The van der Waals surface area contributed by atoms with E-state index in [0.29, 0.717) is 23.4 Å². The average molecular weight is 364 g/mol. The lowest BCUT2D eigenvalue weighted by atomic mass is 10.1. The van der Waals surface area contributed by atoms with E-state index in [-0.39, 0.29) is 18.2 Å². The zero-order valence-corrected chi connectivity index (χ0v) is 14.9. The smallest absolute Gasteiger partial charge is 0.227 e. The van der Waals surface area contributed by atoms with Crippen molar-refractivity contribution in [1.29, 1.82) is 0 Å². The van der Waals surface area contributed by atoms with Crippen molar-refractivity contribution in [2.45, 2.75) is 26.4 Å². The molecule has 0 N–H and O–H groups in total. The maximum Gasteiger partial charge on any atom is 0.227 e. The Hall–Kier alpha value is -3.05. The van der Waals surface area contributed by atoms with Crippen LogP contribution in [0.4, 0.5) is 4.39 Å². The summed E-state index contributed by atoms with van der Waals surface area (Å²) in [5.41, 5.74) is 2.98. The first-order valence-electron chi connectivity index (χ1n) is 8.75. The number of pyridine rings is 1. The third kappa shape index (κ3) is 3.73. The van der Waals surface area contributed by atoms with Gasteiger partial charge in [0.1, 0.15) is 11.6 Å². The van der Waals surface area contributed by atoms with Gasteiger partial charge in [-0.3, -0.25) is 4.79 Å². The lowest BCUT2D eigenvalue weighted by Crippen LogP contribution is -2.34. The maximum absolute atomic E-state index is 14.1. The van der Waals surface area contributed by atoms with Gasteiger partial charge < -0.3 is 9.47 Å². The van der Waals surface area contributed by atoms with Gasteiger partial charge in [-0.05, 0) is 19.1 Å². The number of halogens is 1. The molecule has 0 saturated heterocycles. The number of carbonyl (C=O) groups excluding carboxylic acids is 1. The van der Waals surface area contributed by atoms with Crippen LogP contribution in [0.25, 0.3) is 0 Å². The normalized spacial score (nSPS) is 15.7. The average Bonchev–Trinajstić information content (AvgIpc) is 2.69. The van der Waals surface area contributed by atoms with Gasteiger partial charge in [0, 0.05) is 28.8 Å². The topological polar surface area (TPSA) is 39.4 Å². The van der Waals surface area contributed by atoms with Crippen molar-refractivity contribution in [3.63, 3.8) is 0 Å². The Bertz CT molecular complexity index is 971. The fourth-order valence-corrected chi connectivity index (χ4v) is 3.16. The summed E-state index contributed by atoms with van der Waals surface area (Å²) in [7, 11) is 0. The molecule has 4 nitrogen and oxygen atoms in total. The number of carbonyl (C=O) groups is 1. The van der Waals surface area contributed by atoms with E-state index in [1.165, 1.54) is 19.1 Å². The number of nitrogens with zero attached hydrogens (tertiary/aromatic N) is 1. The summed E-state index contributed by atoms with van der Waals surface area (Å²) in [5, 5.41) is 0. The van der Waals surface area contributed by atoms with Crippen LogP contribution in [0.3, 0.4) is 0 Å². The molecule has 3 aromatic rings. The predicted molar refractivity (Wildman–Crippen MR) is 96.7 cm³/mol.